The maximum atomic E-state index is 12.6. The van der Waals surface area contributed by atoms with E-state index in [4.69, 9.17) is 23.9 Å². The number of ether oxygens (including phenoxy) is 1. The summed E-state index contributed by atoms with van der Waals surface area (Å²) in [6, 6.07) is 8.61. The summed E-state index contributed by atoms with van der Waals surface area (Å²) in [5, 5.41) is 3.14. The first-order valence-corrected chi connectivity index (χ1v) is 15.7. The van der Waals surface area contributed by atoms with Crippen molar-refractivity contribution < 1.29 is 36.4 Å². The highest BCUT2D eigenvalue weighted by atomic mass is 32.2. The Kier molecular flexibility index (Phi) is 7.10. The van der Waals surface area contributed by atoms with Gasteiger partial charge in [-0.25, -0.2) is 31.8 Å². The Labute approximate surface area is 229 Å². The summed E-state index contributed by atoms with van der Waals surface area (Å²) in [5.41, 5.74) is 2.42. The van der Waals surface area contributed by atoms with E-state index in [1.807, 2.05) is 6.07 Å². The molecule has 1 aliphatic carbocycles. The molecule has 14 nitrogen and oxygen atoms in total. The Hall–Kier alpha value is -3.33. The third kappa shape index (κ3) is 5.75. The molecule has 3 aromatic heterocycles. The van der Waals surface area contributed by atoms with Crippen LogP contribution < -0.4 is 10.1 Å². The van der Waals surface area contributed by atoms with Crippen LogP contribution in [0.1, 0.15) is 25.7 Å². The molecule has 0 unspecified atom stereocenters. The molecule has 0 bridgehead atoms. The van der Waals surface area contributed by atoms with Crippen molar-refractivity contribution in [1.82, 2.24) is 23.7 Å². The van der Waals surface area contributed by atoms with E-state index >= 15 is 0 Å². The van der Waals surface area contributed by atoms with E-state index < -0.39 is 24.6 Å². The predicted octanol–water partition coefficient (Wildman–Crippen LogP) is 2.87. The number of imidazole rings is 1. The van der Waals surface area contributed by atoms with Crippen LogP contribution in [0.5, 0.6) is 5.75 Å². The smallest absolute Gasteiger partial charge is 0.467 e. The van der Waals surface area contributed by atoms with Gasteiger partial charge in [0.1, 0.15) is 23.4 Å². The Morgan fingerprint density at radius 3 is 2.67 bits per heavy atom. The molecule has 40 heavy (non-hydrogen) atoms. The summed E-state index contributed by atoms with van der Waals surface area (Å²) >= 11 is 0. The van der Waals surface area contributed by atoms with Gasteiger partial charge in [0, 0.05) is 37.1 Å². The van der Waals surface area contributed by atoms with Gasteiger partial charge in [0.15, 0.2) is 6.79 Å². The summed E-state index contributed by atoms with van der Waals surface area (Å²) in [7, 11) is -7.84. The van der Waals surface area contributed by atoms with Crippen LogP contribution in [0.25, 0.3) is 28.5 Å². The van der Waals surface area contributed by atoms with E-state index in [0.717, 1.165) is 12.8 Å². The molecule has 0 spiro atoms. The van der Waals surface area contributed by atoms with Crippen molar-refractivity contribution in [3.8, 4) is 28.4 Å². The summed E-state index contributed by atoms with van der Waals surface area (Å²) in [6.45, 7) is 0.310. The van der Waals surface area contributed by atoms with E-state index in [0.29, 0.717) is 66.1 Å². The van der Waals surface area contributed by atoms with Crippen molar-refractivity contribution in [2.75, 3.05) is 25.2 Å². The number of hydrogen-bond donors (Lipinski definition) is 3. The molecule has 2 fully saturated rings. The molecule has 1 aliphatic heterocycles. The molecular weight excluding hydrogens is 563 g/mol. The Balaban J connectivity index is 1.22. The number of rotatable bonds is 10. The monoisotopic (exact) mass is 590 g/mol. The van der Waals surface area contributed by atoms with Crippen molar-refractivity contribution in [3.63, 3.8) is 0 Å². The molecule has 16 heteroatoms. The number of oxazole rings is 1. The molecule has 1 saturated heterocycles. The molecule has 212 valence electrons. The molecule has 1 aromatic carbocycles. The fraction of sp³-hybridized carbons (Fsp3) is 0.375. The minimum Gasteiger partial charge on any atom is -0.467 e. The molecular formula is C24H27N6O8PS. The molecule has 2 aliphatic rings. The van der Waals surface area contributed by atoms with E-state index in [2.05, 4.69) is 19.8 Å². The van der Waals surface area contributed by atoms with Gasteiger partial charge in [-0.1, -0.05) is 12.1 Å². The van der Waals surface area contributed by atoms with Gasteiger partial charge < -0.3 is 24.3 Å². The molecule has 3 N–H and O–H groups in total. The van der Waals surface area contributed by atoms with Crippen LogP contribution in [0.15, 0.2) is 53.4 Å². The van der Waals surface area contributed by atoms with E-state index in [9.17, 15) is 13.0 Å². The molecule has 1 saturated carbocycles. The van der Waals surface area contributed by atoms with Crippen molar-refractivity contribution in [3.05, 3.63) is 49.0 Å². The van der Waals surface area contributed by atoms with Gasteiger partial charge in [-0.3, -0.25) is 4.40 Å². The van der Waals surface area contributed by atoms with Crippen LogP contribution in [0, 0.1) is 0 Å². The first-order valence-electron chi connectivity index (χ1n) is 12.7. The average Bonchev–Trinajstić information content (AvgIpc) is 3.59. The first-order chi connectivity index (χ1) is 19.2. The van der Waals surface area contributed by atoms with Crippen LogP contribution in [0.4, 0.5) is 5.95 Å². The molecule has 0 radical (unpaired) electrons. The Morgan fingerprint density at radius 1 is 1.12 bits per heavy atom. The quantitative estimate of drug-likeness (QED) is 0.182. The first kappa shape index (κ1) is 26.9. The lowest BCUT2D eigenvalue weighted by Gasteiger charge is -2.31. The average molecular weight is 591 g/mol. The number of anilines is 1. The zero-order valence-electron chi connectivity index (χ0n) is 21.2. The van der Waals surface area contributed by atoms with Gasteiger partial charge in [-0.2, -0.15) is 4.98 Å². The SMILES string of the molecule is O=P(O)(O)OCOc1cccc(-c2nc3occn3c2-c2ccnc(NC3CCN(S(=O)(=O)C4CC4)CC3)n2)c1. The standard InChI is InChI=1S/C24H27N6O8PS/c31-39(32,33)38-15-37-18-3-1-2-16(14-18)21-22(30-12-13-36-24(30)28-21)20-6-9-25-23(27-20)26-17-7-10-29(11-8-17)40(34,35)19-4-5-19/h1-3,6,9,12-14,17,19H,4-5,7-8,10-11,15H2,(H,25,26,27)(H2,31,32,33). The number of aromatic nitrogens is 4. The molecule has 0 amide bonds. The Morgan fingerprint density at radius 2 is 1.93 bits per heavy atom. The van der Waals surface area contributed by atoms with E-state index in [1.54, 1.807) is 45.4 Å². The predicted molar refractivity (Wildman–Crippen MR) is 143 cm³/mol. The third-order valence-corrected chi connectivity index (χ3v) is 9.65. The number of piperidine rings is 1. The Bertz CT molecular complexity index is 1670. The number of fused-ring (bicyclic) bond motifs is 1. The molecule has 6 rings (SSSR count). The van der Waals surface area contributed by atoms with Crippen LogP contribution in [0.2, 0.25) is 0 Å². The number of phosphoric acid groups is 1. The van der Waals surface area contributed by atoms with Crippen LogP contribution in [0.3, 0.4) is 0 Å². The van der Waals surface area contributed by atoms with Crippen LogP contribution >= 0.6 is 7.82 Å². The minimum absolute atomic E-state index is 0.0314. The van der Waals surface area contributed by atoms with Gasteiger partial charge in [-0.15, -0.1) is 0 Å². The molecule has 4 heterocycles. The number of benzene rings is 1. The van der Waals surface area contributed by atoms with Crippen molar-refractivity contribution in [2.24, 2.45) is 0 Å². The lowest BCUT2D eigenvalue weighted by atomic mass is 10.1. The third-order valence-electron chi connectivity index (χ3n) is 6.81. The zero-order valence-corrected chi connectivity index (χ0v) is 22.9. The number of phosphoric ester groups is 1. The maximum absolute atomic E-state index is 12.6. The van der Waals surface area contributed by atoms with E-state index in [1.165, 1.54) is 6.26 Å². The lowest BCUT2D eigenvalue weighted by Crippen LogP contribution is -2.43. The zero-order chi connectivity index (χ0) is 27.9. The second-order valence-electron chi connectivity index (χ2n) is 9.60. The number of nitrogens with one attached hydrogen (secondary N) is 1. The maximum Gasteiger partial charge on any atom is 0.472 e. The second kappa shape index (κ2) is 10.6. The topological polar surface area (TPSA) is 182 Å². The normalized spacial score (nSPS) is 17.4. The van der Waals surface area contributed by atoms with Crippen molar-refractivity contribution >= 4 is 29.6 Å². The number of nitrogens with zero attached hydrogens (tertiary/aromatic N) is 5. The second-order valence-corrected chi connectivity index (χ2v) is 13.1. The van der Waals surface area contributed by atoms with E-state index in [-0.39, 0.29) is 11.3 Å². The van der Waals surface area contributed by atoms with Crippen LogP contribution in [-0.2, 0) is 19.1 Å². The fourth-order valence-corrected chi connectivity index (χ4v) is 6.77. The lowest BCUT2D eigenvalue weighted by molar-refractivity contribution is 0.0829. The summed E-state index contributed by atoms with van der Waals surface area (Å²) in [6.07, 6.45) is 7.69. The van der Waals surface area contributed by atoms with Gasteiger partial charge in [0.25, 0.3) is 0 Å². The molecule has 0 atom stereocenters. The highest BCUT2D eigenvalue weighted by Crippen LogP contribution is 2.37. The van der Waals surface area contributed by atoms with Crippen LogP contribution in [-0.4, -0.2) is 73.0 Å². The van der Waals surface area contributed by atoms with Gasteiger partial charge in [0.05, 0.1) is 10.9 Å². The van der Waals surface area contributed by atoms with Gasteiger partial charge in [0.2, 0.25) is 16.0 Å². The summed E-state index contributed by atoms with van der Waals surface area (Å²) < 4.78 is 54.7. The number of sulfonamides is 1. The van der Waals surface area contributed by atoms with Crippen molar-refractivity contribution in [2.45, 2.75) is 37.0 Å². The summed E-state index contributed by atoms with van der Waals surface area (Å²) in [5.74, 6) is 1.08. The van der Waals surface area contributed by atoms with Gasteiger partial charge >= 0.3 is 13.7 Å². The summed E-state index contributed by atoms with van der Waals surface area (Å²) in [4.78, 5) is 31.5. The largest absolute Gasteiger partial charge is 0.472 e. The number of hydrogen-bond acceptors (Lipinski definition) is 10. The highest BCUT2D eigenvalue weighted by Gasteiger charge is 2.41. The van der Waals surface area contributed by atoms with Gasteiger partial charge in [-0.05, 0) is 43.9 Å². The highest BCUT2D eigenvalue weighted by molar-refractivity contribution is 7.90. The van der Waals surface area contributed by atoms with Crippen molar-refractivity contribution in [1.29, 1.82) is 0 Å². The minimum atomic E-state index is -4.66. The fourth-order valence-electron chi connectivity index (χ4n) is 4.70. The molecule has 4 aromatic rings.